The lowest BCUT2D eigenvalue weighted by Gasteiger charge is -2.35. The van der Waals surface area contributed by atoms with E-state index in [-0.39, 0.29) is 5.41 Å². The molecule has 22 heavy (non-hydrogen) atoms. The topological polar surface area (TPSA) is 64.6 Å². The largest absolute Gasteiger partial charge is 0.384 e. The van der Waals surface area contributed by atoms with Gasteiger partial charge in [0.15, 0.2) is 0 Å². The van der Waals surface area contributed by atoms with Gasteiger partial charge < -0.3 is 33.2 Å². The normalized spacial score (nSPS) is 12.8. The van der Waals surface area contributed by atoms with Crippen molar-refractivity contribution in [2.75, 3.05) is 88.9 Å². The summed E-state index contributed by atoms with van der Waals surface area (Å²) < 4.78 is 37.8. The van der Waals surface area contributed by atoms with Crippen molar-refractivity contribution in [3.05, 3.63) is 0 Å². The van der Waals surface area contributed by atoms with Gasteiger partial charge in [-0.2, -0.15) is 0 Å². The Balaban J connectivity index is 4.72. The molecule has 0 saturated heterocycles. The molecule has 0 aromatic heterocycles. The summed E-state index contributed by atoms with van der Waals surface area (Å²) in [7, 11) is 9.80. The van der Waals surface area contributed by atoms with Crippen LogP contribution in [0.5, 0.6) is 0 Å². The number of methoxy groups -OCH3 is 6. The third-order valence-electron chi connectivity index (χ3n) is 3.37. The Morgan fingerprint density at radius 1 is 0.500 bits per heavy atom. The van der Waals surface area contributed by atoms with Crippen molar-refractivity contribution in [2.45, 2.75) is 5.60 Å². The number of rotatable bonds is 15. The van der Waals surface area contributed by atoms with Gasteiger partial charge in [0.1, 0.15) is 5.60 Å². The summed E-state index contributed by atoms with van der Waals surface area (Å²) >= 11 is 0. The van der Waals surface area contributed by atoms with Crippen molar-refractivity contribution in [3.63, 3.8) is 0 Å². The fourth-order valence-corrected chi connectivity index (χ4v) is 2.45. The first-order valence-corrected chi connectivity index (χ1v) is 7.15. The Hall–Kier alpha value is -0.280. The standard InChI is InChI=1S/C15H32O7/c1-16-7-14(8-17-2,9-18-3)10-22-13-15(21-6,11-19-4)12-20-5/h7-13H2,1-6H3. The zero-order valence-corrected chi connectivity index (χ0v) is 14.8. The van der Waals surface area contributed by atoms with Crippen LogP contribution in [0.25, 0.3) is 0 Å². The molecule has 0 atom stereocenters. The van der Waals surface area contributed by atoms with Gasteiger partial charge in [-0.05, 0) is 0 Å². The van der Waals surface area contributed by atoms with Crippen LogP contribution < -0.4 is 0 Å². The molecule has 0 saturated carbocycles. The zero-order valence-electron chi connectivity index (χ0n) is 14.8. The van der Waals surface area contributed by atoms with Gasteiger partial charge in [-0.3, -0.25) is 0 Å². The van der Waals surface area contributed by atoms with Gasteiger partial charge in [-0.15, -0.1) is 0 Å². The van der Waals surface area contributed by atoms with Crippen LogP contribution in [0.2, 0.25) is 0 Å². The molecular weight excluding hydrogens is 292 g/mol. The first-order chi connectivity index (χ1) is 10.6. The predicted molar refractivity (Wildman–Crippen MR) is 82.4 cm³/mol. The highest BCUT2D eigenvalue weighted by Crippen LogP contribution is 2.21. The molecule has 0 radical (unpaired) electrons. The lowest BCUT2D eigenvalue weighted by atomic mass is 9.92. The van der Waals surface area contributed by atoms with Crippen molar-refractivity contribution in [1.29, 1.82) is 0 Å². The number of ether oxygens (including phenoxy) is 7. The minimum Gasteiger partial charge on any atom is -0.384 e. The van der Waals surface area contributed by atoms with Gasteiger partial charge in [0.25, 0.3) is 0 Å². The first kappa shape index (κ1) is 21.7. The van der Waals surface area contributed by atoms with Gasteiger partial charge in [0, 0.05) is 42.7 Å². The molecular formula is C15H32O7. The predicted octanol–water partition coefficient (Wildman–Crippen LogP) is 0.607. The van der Waals surface area contributed by atoms with Crippen LogP contribution in [0.1, 0.15) is 0 Å². The van der Waals surface area contributed by atoms with E-state index < -0.39 is 5.60 Å². The highest BCUT2D eigenvalue weighted by Gasteiger charge is 2.35. The van der Waals surface area contributed by atoms with Crippen LogP contribution in [-0.4, -0.2) is 94.5 Å². The third-order valence-corrected chi connectivity index (χ3v) is 3.37. The summed E-state index contributed by atoms with van der Waals surface area (Å²) in [6, 6.07) is 0. The van der Waals surface area contributed by atoms with Gasteiger partial charge in [0.05, 0.1) is 51.7 Å². The van der Waals surface area contributed by atoms with Gasteiger partial charge in [-0.1, -0.05) is 0 Å². The van der Waals surface area contributed by atoms with Gasteiger partial charge >= 0.3 is 0 Å². The van der Waals surface area contributed by atoms with E-state index in [4.69, 9.17) is 33.2 Å². The lowest BCUT2D eigenvalue weighted by molar-refractivity contribution is -0.159. The molecule has 0 aromatic carbocycles. The number of hydrogen-bond acceptors (Lipinski definition) is 7. The molecule has 0 unspecified atom stereocenters. The van der Waals surface area contributed by atoms with Crippen LogP contribution in [0.4, 0.5) is 0 Å². The van der Waals surface area contributed by atoms with Crippen LogP contribution >= 0.6 is 0 Å². The van der Waals surface area contributed by atoms with Crippen LogP contribution in [0, 0.1) is 5.41 Å². The van der Waals surface area contributed by atoms with Gasteiger partial charge in [-0.25, -0.2) is 0 Å². The molecule has 7 heteroatoms. The van der Waals surface area contributed by atoms with Crippen molar-refractivity contribution < 1.29 is 33.2 Å². The highest BCUT2D eigenvalue weighted by molar-refractivity contribution is 4.83. The van der Waals surface area contributed by atoms with Crippen LogP contribution in [-0.2, 0) is 33.2 Å². The van der Waals surface area contributed by atoms with Crippen LogP contribution in [0.3, 0.4) is 0 Å². The molecule has 134 valence electrons. The summed E-state index contributed by atoms with van der Waals surface area (Å²) in [6.45, 7) is 2.94. The molecule has 0 aliphatic carbocycles. The number of hydrogen-bond donors (Lipinski definition) is 0. The minimum atomic E-state index is -0.636. The second kappa shape index (κ2) is 12.2. The van der Waals surface area contributed by atoms with Crippen molar-refractivity contribution >= 4 is 0 Å². The Morgan fingerprint density at radius 2 is 0.909 bits per heavy atom. The van der Waals surface area contributed by atoms with E-state index in [0.717, 1.165) is 0 Å². The molecule has 0 aliphatic heterocycles. The molecule has 0 aromatic rings. The monoisotopic (exact) mass is 324 g/mol. The lowest BCUT2D eigenvalue weighted by Crippen LogP contribution is -2.48. The maximum Gasteiger partial charge on any atom is 0.137 e. The summed E-state index contributed by atoms with van der Waals surface area (Å²) in [5, 5.41) is 0. The fourth-order valence-electron chi connectivity index (χ4n) is 2.45. The van der Waals surface area contributed by atoms with Crippen molar-refractivity contribution in [2.24, 2.45) is 5.41 Å². The van der Waals surface area contributed by atoms with E-state index in [1.165, 1.54) is 0 Å². The molecule has 0 heterocycles. The summed E-state index contributed by atoms with van der Waals surface area (Å²) in [5.41, 5.74) is -1.000. The Labute approximate surface area is 134 Å². The molecule has 0 rings (SSSR count). The second-order valence-electron chi connectivity index (χ2n) is 5.54. The third kappa shape index (κ3) is 7.32. The van der Waals surface area contributed by atoms with E-state index in [2.05, 4.69) is 0 Å². The molecule has 0 N–H and O–H groups in total. The summed E-state index contributed by atoms with van der Waals surface area (Å²) in [6.07, 6.45) is 0. The Kier molecular flexibility index (Phi) is 12.0. The highest BCUT2D eigenvalue weighted by atomic mass is 16.6. The Bertz CT molecular complexity index is 237. The van der Waals surface area contributed by atoms with Gasteiger partial charge in [0.2, 0.25) is 0 Å². The average molecular weight is 324 g/mol. The molecule has 0 fully saturated rings. The maximum absolute atomic E-state index is 5.89. The second-order valence-corrected chi connectivity index (χ2v) is 5.54. The SMILES string of the molecule is COCC(COC)(COC)COCC(COC)(COC)OC. The smallest absolute Gasteiger partial charge is 0.137 e. The average Bonchev–Trinajstić information content (AvgIpc) is 2.48. The summed E-state index contributed by atoms with van der Waals surface area (Å²) in [4.78, 5) is 0. The van der Waals surface area contributed by atoms with E-state index in [1.807, 2.05) is 0 Å². The van der Waals surface area contributed by atoms with E-state index in [0.29, 0.717) is 46.2 Å². The summed E-state index contributed by atoms with van der Waals surface area (Å²) in [5.74, 6) is 0. The van der Waals surface area contributed by atoms with E-state index >= 15 is 0 Å². The van der Waals surface area contributed by atoms with Crippen LogP contribution in [0.15, 0.2) is 0 Å². The fraction of sp³-hybridized carbons (Fsp3) is 1.00. The molecule has 0 aliphatic rings. The molecule has 0 amide bonds. The Morgan fingerprint density at radius 3 is 1.23 bits per heavy atom. The quantitative estimate of drug-likeness (QED) is 0.437. The molecule has 0 bridgehead atoms. The van der Waals surface area contributed by atoms with E-state index in [1.54, 1.807) is 42.7 Å². The molecule has 0 spiro atoms. The maximum atomic E-state index is 5.89. The first-order valence-electron chi connectivity index (χ1n) is 7.15. The zero-order chi connectivity index (χ0) is 16.9. The molecule has 7 nitrogen and oxygen atoms in total. The van der Waals surface area contributed by atoms with Crippen molar-refractivity contribution in [3.8, 4) is 0 Å². The van der Waals surface area contributed by atoms with E-state index in [9.17, 15) is 0 Å². The van der Waals surface area contributed by atoms with Crippen molar-refractivity contribution in [1.82, 2.24) is 0 Å². The minimum absolute atomic E-state index is 0.337.